The van der Waals surface area contributed by atoms with Crippen molar-refractivity contribution in [1.82, 2.24) is 0 Å². The van der Waals surface area contributed by atoms with Crippen LogP contribution in [0.15, 0.2) is 0 Å². The smallest absolute Gasteiger partial charge is 0.314 e. The Hall–Kier alpha value is -0.570. The van der Waals surface area contributed by atoms with Gasteiger partial charge in [-0.2, -0.15) is 0 Å². The number of hydrogen-bond donors (Lipinski definition) is 0. The lowest BCUT2D eigenvalue weighted by Gasteiger charge is -2.27. The number of rotatable bonds is 19. The molecule has 0 rings (SSSR count). The van der Waals surface area contributed by atoms with Crippen molar-refractivity contribution in [3.63, 3.8) is 0 Å². The minimum atomic E-state index is -0.484. The molecule has 0 saturated heterocycles. The van der Waals surface area contributed by atoms with Crippen molar-refractivity contribution in [1.29, 1.82) is 0 Å². The fraction of sp³-hybridized carbons (Fsp3) is 0.957. The van der Waals surface area contributed by atoms with Gasteiger partial charge in [-0.25, -0.2) is 0 Å². The Labute approximate surface area is 163 Å². The molecule has 0 saturated carbocycles. The highest BCUT2D eigenvalue weighted by Gasteiger charge is 2.34. The summed E-state index contributed by atoms with van der Waals surface area (Å²) in [4.78, 5) is 12.5. The van der Waals surface area contributed by atoms with Gasteiger partial charge in [-0.1, -0.05) is 91.4 Å². The molecule has 0 bridgehead atoms. The van der Waals surface area contributed by atoms with Crippen LogP contribution >= 0.6 is 0 Å². The number of carbonyl (C=O) groups is 1. The molecule has 0 amide bonds. The predicted molar refractivity (Wildman–Crippen MR) is 112 cm³/mol. The first kappa shape index (κ1) is 25.4. The highest BCUT2D eigenvalue weighted by molar-refractivity contribution is 5.76. The van der Waals surface area contributed by atoms with Crippen molar-refractivity contribution in [3.05, 3.63) is 0 Å². The van der Waals surface area contributed by atoms with Gasteiger partial charge < -0.3 is 9.47 Å². The summed E-state index contributed by atoms with van der Waals surface area (Å²) in [7, 11) is 0. The predicted octanol–water partition coefficient (Wildman–Crippen LogP) is 7.07. The fourth-order valence-electron chi connectivity index (χ4n) is 3.18. The van der Waals surface area contributed by atoms with Gasteiger partial charge in [-0.15, -0.1) is 0 Å². The second kappa shape index (κ2) is 17.8. The normalized spacial score (nSPS) is 13.5. The van der Waals surface area contributed by atoms with Crippen LogP contribution in [0, 0.1) is 5.41 Å². The molecular formula is C23H46O3. The van der Waals surface area contributed by atoms with E-state index >= 15 is 0 Å². The SMILES string of the molecule is CCCCCCCCOCC(C)(CCCCCCCC)C(=O)OCCC. The van der Waals surface area contributed by atoms with Gasteiger partial charge in [-0.3, -0.25) is 4.79 Å². The van der Waals surface area contributed by atoms with E-state index in [1.165, 1.54) is 64.2 Å². The summed E-state index contributed by atoms with van der Waals surface area (Å²) in [6, 6.07) is 0. The van der Waals surface area contributed by atoms with Gasteiger partial charge in [0.1, 0.15) is 0 Å². The van der Waals surface area contributed by atoms with E-state index in [9.17, 15) is 4.79 Å². The van der Waals surface area contributed by atoms with E-state index < -0.39 is 5.41 Å². The molecule has 26 heavy (non-hydrogen) atoms. The van der Waals surface area contributed by atoms with Gasteiger partial charge in [0.15, 0.2) is 0 Å². The third-order valence-corrected chi connectivity index (χ3v) is 5.08. The summed E-state index contributed by atoms with van der Waals surface area (Å²) in [6.07, 6.45) is 16.8. The highest BCUT2D eigenvalue weighted by Crippen LogP contribution is 2.28. The minimum absolute atomic E-state index is 0.0733. The maximum atomic E-state index is 12.5. The molecule has 0 spiro atoms. The summed E-state index contributed by atoms with van der Waals surface area (Å²) in [5.41, 5.74) is -0.484. The lowest BCUT2D eigenvalue weighted by molar-refractivity contribution is -0.159. The molecule has 0 aromatic rings. The van der Waals surface area contributed by atoms with Crippen LogP contribution in [0.25, 0.3) is 0 Å². The number of hydrogen-bond acceptors (Lipinski definition) is 3. The maximum absolute atomic E-state index is 12.5. The van der Waals surface area contributed by atoms with E-state index in [1.807, 2.05) is 13.8 Å². The van der Waals surface area contributed by atoms with Crippen molar-refractivity contribution < 1.29 is 14.3 Å². The van der Waals surface area contributed by atoms with Gasteiger partial charge in [-0.05, 0) is 26.2 Å². The Balaban J connectivity index is 4.13. The summed E-state index contributed by atoms with van der Waals surface area (Å²) >= 11 is 0. The molecule has 0 fully saturated rings. The zero-order valence-corrected chi connectivity index (χ0v) is 18.2. The Bertz CT molecular complexity index is 317. The molecule has 0 radical (unpaired) electrons. The lowest BCUT2D eigenvalue weighted by Crippen LogP contribution is -2.35. The quantitative estimate of drug-likeness (QED) is 0.180. The van der Waals surface area contributed by atoms with Gasteiger partial charge >= 0.3 is 5.97 Å². The molecule has 3 heteroatoms. The molecule has 0 heterocycles. The summed E-state index contributed by atoms with van der Waals surface area (Å²) < 4.78 is 11.4. The molecule has 156 valence electrons. The van der Waals surface area contributed by atoms with Gasteiger partial charge in [0.25, 0.3) is 0 Å². The Kier molecular flexibility index (Phi) is 17.4. The van der Waals surface area contributed by atoms with Crippen LogP contribution in [0.5, 0.6) is 0 Å². The van der Waals surface area contributed by atoms with Gasteiger partial charge in [0.05, 0.1) is 18.6 Å². The highest BCUT2D eigenvalue weighted by atomic mass is 16.5. The Morgan fingerprint density at radius 2 is 1.23 bits per heavy atom. The van der Waals surface area contributed by atoms with Crippen molar-refractivity contribution in [3.8, 4) is 0 Å². The fourth-order valence-corrected chi connectivity index (χ4v) is 3.18. The van der Waals surface area contributed by atoms with Crippen LogP contribution in [0.4, 0.5) is 0 Å². The van der Waals surface area contributed by atoms with Crippen LogP contribution in [0.1, 0.15) is 118 Å². The third kappa shape index (κ3) is 13.6. The zero-order valence-electron chi connectivity index (χ0n) is 18.2. The first-order valence-electron chi connectivity index (χ1n) is 11.4. The first-order valence-corrected chi connectivity index (χ1v) is 11.4. The maximum Gasteiger partial charge on any atom is 0.314 e. The second-order valence-corrected chi connectivity index (χ2v) is 8.03. The van der Waals surface area contributed by atoms with Gasteiger partial charge in [0, 0.05) is 6.61 Å². The third-order valence-electron chi connectivity index (χ3n) is 5.08. The number of esters is 1. The molecular weight excluding hydrogens is 324 g/mol. The van der Waals surface area contributed by atoms with Crippen LogP contribution < -0.4 is 0 Å². The van der Waals surface area contributed by atoms with E-state index in [4.69, 9.17) is 9.47 Å². The van der Waals surface area contributed by atoms with Gasteiger partial charge in [0.2, 0.25) is 0 Å². The second-order valence-electron chi connectivity index (χ2n) is 8.03. The standard InChI is InChI=1S/C23H46O3/c1-5-8-10-12-14-16-18-23(4,22(24)26-19-7-3)21-25-20-17-15-13-11-9-6-2/h5-21H2,1-4H3. The monoisotopic (exact) mass is 370 g/mol. The summed E-state index contributed by atoms with van der Waals surface area (Å²) in [6.45, 7) is 10.3. The molecule has 1 unspecified atom stereocenters. The minimum Gasteiger partial charge on any atom is -0.465 e. The average Bonchev–Trinajstić information content (AvgIpc) is 2.64. The van der Waals surface area contributed by atoms with E-state index in [-0.39, 0.29) is 5.97 Å². The van der Waals surface area contributed by atoms with Crippen LogP contribution in [0.2, 0.25) is 0 Å². The number of carbonyl (C=O) groups excluding carboxylic acids is 1. The Morgan fingerprint density at radius 1 is 0.692 bits per heavy atom. The van der Waals surface area contributed by atoms with Crippen molar-refractivity contribution >= 4 is 5.97 Å². The van der Waals surface area contributed by atoms with Crippen LogP contribution in [-0.2, 0) is 14.3 Å². The molecule has 0 aliphatic carbocycles. The van der Waals surface area contributed by atoms with E-state index in [0.29, 0.717) is 13.2 Å². The van der Waals surface area contributed by atoms with Crippen molar-refractivity contribution in [2.75, 3.05) is 19.8 Å². The lowest BCUT2D eigenvalue weighted by atomic mass is 9.85. The Morgan fingerprint density at radius 3 is 1.81 bits per heavy atom. The molecule has 0 N–H and O–H groups in total. The summed E-state index contributed by atoms with van der Waals surface area (Å²) in [5, 5.41) is 0. The molecule has 0 aromatic heterocycles. The number of ether oxygens (including phenoxy) is 2. The van der Waals surface area contributed by atoms with Crippen molar-refractivity contribution in [2.24, 2.45) is 5.41 Å². The average molecular weight is 371 g/mol. The molecule has 0 aromatic carbocycles. The van der Waals surface area contributed by atoms with Crippen LogP contribution in [0.3, 0.4) is 0 Å². The molecule has 1 atom stereocenters. The van der Waals surface area contributed by atoms with Crippen molar-refractivity contribution in [2.45, 2.75) is 118 Å². The van der Waals surface area contributed by atoms with E-state index in [2.05, 4.69) is 13.8 Å². The topological polar surface area (TPSA) is 35.5 Å². The van der Waals surface area contributed by atoms with Crippen LogP contribution in [-0.4, -0.2) is 25.8 Å². The van der Waals surface area contributed by atoms with E-state index in [1.54, 1.807) is 0 Å². The first-order chi connectivity index (χ1) is 12.6. The largest absolute Gasteiger partial charge is 0.465 e. The summed E-state index contributed by atoms with van der Waals surface area (Å²) in [5.74, 6) is -0.0733. The molecule has 3 nitrogen and oxygen atoms in total. The zero-order chi connectivity index (χ0) is 19.5. The van der Waals surface area contributed by atoms with E-state index in [0.717, 1.165) is 32.3 Å². The number of unbranched alkanes of at least 4 members (excludes halogenated alkanes) is 10. The molecule has 0 aliphatic heterocycles. The molecule has 0 aliphatic rings.